The Morgan fingerprint density at radius 2 is 0.411 bits per heavy atom. The lowest BCUT2D eigenvalue weighted by molar-refractivity contribution is 1.58. The van der Waals surface area contributed by atoms with E-state index >= 15 is 0 Å². The number of hydrogen-bond acceptors (Lipinski definition) is 2. The maximum absolute atomic E-state index is 2.42. The van der Waals surface area contributed by atoms with Crippen LogP contribution >= 0.6 is 22.7 Å². The summed E-state index contributed by atoms with van der Waals surface area (Å²) in [6.45, 7) is 0. The van der Waals surface area contributed by atoms with Crippen molar-refractivity contribution in [1.82, 2.24) is 0 Å². The fourth-order valence-corrected chi connectivity index (χ4v) is 10.4. The van der Waals surface area contributed by atoms with Gasteiger partial charge in [-0.05, 0) is 91.0 Å². The summed E-state index contributed by atoms with van der Waals surface area (Å²) in [7, 11) is 0. The van der Waals surface area contributed by atoms with E-state index in [0.717, 1.165) is 0 Å². The largest absolute Gasteiger partial charge is 0.135 e. The van der Waals surface area contributed by atoms with Crippen LogP contribution in [0.1, 0.15) is 0 Å². The maximum Gasteiger partial charge on any atom is 0.0362 e. The molecule has 2 aromatic heterocycles. The monoisotopic (exact) mass is 746 g/mol. The van der Waals surface area contributed by atoms with Crippen LogP contribution in [-0.4, -0.2) is 0 Å². The van der Waals surface area contributed by atoms with Crippen molar-refractivity contribution in [3.05, 3.63) is 206 Å². The molecule has 11 rings (SSSR count). The Morgan fingerprint density at radius 3 is 0.714 bits per heavy atom. The molecule has 0 aliphatic carbocycles. The van der Waals surface area contributed by atoms with E-state index in [4.69, 9.17) is 0 Å². The molecule has 0 aliphatic rings. The van der Waals surface area contributed by atoms with E-state index in [9.17, 15) is 0 Å². The van der Waals surface area contributed by atoms with E-state index in [1.165, 1.54) is 107 Å². The van der Waals surface area contributed by atoms with Crippen molar-refractivity contribution in [2.24, 2.45) is 0 Å². The molecule has 2 heterocycles. The normalized spacial score (nSPS) is 11.6. The van der Waals surface area contributed by atoms with Crippen LogP contribution in [-0.2, 0) is 0 Å². The number of rotatable bonds is 6. The van der Waals surface area contributed by atoms with Gasteiger partial charge in [-0.3, -0.25) is 0 Å². The average Bonchev–Trinajstić information content (AvgIpc) is 3.82. The summed E-state index contributed by atoms with van der Waals surface area (Å²) in [5, 5.41) is 5.35. The summed E-state index contributed by atoms with van der Waals surface area (Å²) in [6.07, 6.45) is 0. The Labute approximate surface area is 334 Å². The average molecular weight is 747 g/mol. The van der Waals surface area contributed by atoms with E-state index < -0.39 is 0 Å². The van der Waals surface area contributed by atoms with Crippen LogP contribution in [0.15, 0.2) is 206 Å². The molecule has 262 valence electrons. The zero-order valence-electron chi connectivity index (χ0n) is 30.4. The van der Waals surface area contributed by atoms with Crippen molar-refractivity contribution < 1.29 is 0 Å². The fourth-order valence-electron chi connectivity index (χ4n) is 8.09. The van der Waals surface area contributed by atoms with Crippen LogP contribution in [0, 0.1) is 0 Å². The predicted molar refractivity (Wildman–Crippen MR) is 245 cm³/mol. The van der Waals surface area contributed by atoms with Crippen molar-refractivity contribution >= 4 is 63.0 Å². The number of hydrogen-bond donors (Lipinski definition) is 0. The standard InChI is InChI=1S/C54H34S2/c1-3-7-35(8-4-1)37-11-15-39(16-12-37)41-19-23-43(24-20-41)45-27-29-47-49-33-54-50(34-53(49)55-51(47)31-45)48-30-28-46(32-52(48)56-54)44-25-21-42(22-26-44)40-17-13-38(14-18-40)36-9-5-2-6-10-36/h1-34H. The lowest BCUT2D eigenvalue weighted by Gasteiger charge is -2.07. The predicted octanol–water partition coefficient (Wildman–Crippen LogP) is 16.4. The Kier molecular flexibility index (Phi) is 7.98. The van der Waals surface area contributed by atoms with Gasteiger partial charge in [-0.25, -0.2) is 0 Å². The highest BCUT2D eigenvalue weighted by Gasteiger charge is 2.13. The second-order valence-corrected chi connectivity index (χ2v) is 16.7. The third-order valence-corrected chi connectivity index (χ3v) is 13.4. The molecule has 0 atom stereocenters. The summed E-state index contributed by atoms with van der Waals surface area (Å²) in [5.74, 6) is 0. The second kappa shape index (κ2) is 13.6. The highest BCUT2D eigenvalue weighted by Crippen LogP contribution is 2.44. The van der Waals surface area contributed by atoms with E-state index in [2.05, 4.69) is 206 Å². The van der Waals surface area contributed by atoms with Gasteiger partial charge in [0.2, 0.25) is 0 Å². The number of fused-ring (bicyclic) bond motifs is 6. The van der Waals surface area contributed by atoms with Crippen LogP contribution in [0.4, 0.5) is 0 Å². The van der Waals surface area contributed by atoms with Gasteiger partial charge in [-0.15, -0.1) is 22.7 Å². The highest BCUT2D eigenvalue weighted by molar-refractivity contribution is 7.27. The lowest BCUT2D eigenvalue weighted by Crippen LogP contribution is -1.82. The fraction of sp³-hybridized carbons (Fsp3) is 0. The Hall–Kier alpha value is -6.58. The van der Waals surface area contributed by atoms with Gasteiger partial charge in [0.05, 0.1) is 0 Å². The van der Waals surface area contributed by atoms with Crippen LogP contribution in [0.2, 0.25) is 0 Å². The first kappa shape index (κ1) is 32.8. The molecule has 9 aromatic carbocycles. The molecule has 0 nitrogen and oxygen atoms in total. The van der Waals surface area contributed by atoms with E-state index in [1.807, 2.05) is 22.7 Å². The van der Waals surface area contributed by atoms with E-state index in [-0.39, 0.29) is 0 Å². The van der Waals surface area contributed by atoms with Crippen molar-refractivity contribution in [3.63, 3.8) is 0 Å². The number of benzene rings is 9. The minimum Gasteiger partial charge on any atom is -0.135 e. The van der Waals surface area contributed by atoms with Crippen molar-refractivity contribution in [1.29, 1.82) is 0 Å². The van der Waals surface area contributed by atoms with Gasteiger partial charge in [0.25, 0.3) is 0 Å². The molecule has 0 spiro atoms. The summed E-state index contributed by atoms with van der Waals surface area (Å²) in [4.78, 5) is 0. The SMILES string of the molecule is c1ccc(-c2ccc(-c3ccc(-c4ccc5c(c4)sc4cc6c(cc45)sc4cc(-c5ccc(-c7ccc(-c8ccccc8)cc7)cc5)ccc46)cc3)cc2)cc1. The zero-order chi connectivity index (χ0) is 37.0. The topological polar surface area (TPSA) is 0 Å². The summed E-state index contributed by atoms with van der Waals surface area (Å²) in [5.41, 5.74) is 14.9. The molecular weight excluding hydrogens is 713 g/mol. The Balaban J connectivity index is 0.845. The molecule has 2 heteroatoms. The van der Waals surface area contributed by atoms with Gasteiger partial charge >= 0.3 is 0 Å². The van der Waals surface area contributed by atoms with Gasteiger partial charge < -0.3 is 0 Å². The molecular formula is C54H34S2. The molecule has 0 amide bonds. The minimum absolute atomic E-state index is 1.23. The first-order valence-corrected chi connectivity index (χ1v) is 20.7. The minimum atomic E-state index is 1.23. The van der Waals surface area contributed by atoms with Gasteiger partial charge in [0.1, 0.15) is 0 Å². The Morgan fingerprint density at radius 1 is 0.179 bits per heavy atom. The van der Waals surface area contributed by atoms with Gasteiger partial charge in [-0.2, -0.15) is 0 Å². The van der Waals surface area contributed by atoms with Crippen LogP contribution < -0.4 is 0 Å². The summed E-state index contributed by atoms with van der Waals surface area (Å²) >= 11 is 3.80. The summed E-state index contributed by atoms with van der Waals surface area (Å²) < 4.78 is 5.35. The van der Waals surface area contributed by atoms with Gasteiger partial charge in [0.15, 0.2) is 0 Å². The molecule has 0 unspecified atom stereocenters. The van der Waals surface area contributed by atoms with E-state index in [1.54, 1.807) is 0 Å². The van der Waals surface area contributed by atoms with Crippen molar-refractivity contribution in [2.45, 2.75) is 0 Å². The van der Waals surface area contributed by atoms with Crippen LogP contribution in [0.25, 0.3) is 107 Å². The highest BCUT2D eigenvalue weighted by atomic mass is 32.1. The summed E-state index contributed by atoms with van der Waals surface area (Å²) in [6, 6.07) is 75.6. The van der Waals surface area contributed by atoms with Gasteiger partial charge in [-0.1, -0.05) is 182 Å². The van der Waals surface area contributed by atoms with Crippen LogP contribution in [0.5, 0.6) is 0 Å². The van der Waals surface area contributed by atoms with Crippen molar-refractivity contribution in [2.75, 3.05) is 0 Å². The molecule has 56 heavy (non-hydrogen) atoms. The lowest BCUT2D eigenvalue weighted by atomic mass is 9.97. The molecule has 0 radical (unpaired) electrons. The molecule has 0 bridgehead atoms. The zero-order valence-corrected chi connectivity index (χ0v) is 32.1. The molecule has 0 fully saturated rings. The molecule has 0 saturated carbocycles. The van der Waals surface area contributed by atoms with Crippen molar-refractivity contribution in [3.8, 4) is 66.8 Å². The molecule has 0 aliphatic heterocycles. The molecule has 0 N–H and O–H groups in total. The number of thiophene rings is 2. The molecule has 11 aromatic rings. The Bertz CT molecular complexity index is 2950. The van der Waals surface area contributed by atoms with Crippen LogP contribution in [0.3, 0.4) is 0 Å². The second-order valence-electron chi connectivity index (χ2n) is 14.5. The van der Waals surface area contributed by atoms with Gasteiger partial charge in [0, 0.05) is 40.3 Å². The first-order chi connectivity index (χ1) is 27.7. The van der Waals surface area contributed by atoms with E-state index in [0.29, 0.717) is 0 Å². The maximum atomic E-state index is 2.42. The first-order valence-electron chi connectivity index (χ1n) is 19.1. The third kappa shape index (κ3) is 5.92. The molecule has 0 saturated heterocycles. The third-order valence-electron chi connectivity index (χ3n) is 11.2. The smallest absolute Gasteiger partial charge is 0.0362 e. The quantitative estimate of drug-likeness (QED) is 0.159.